The Kier molecular flexibility index (Phi) is 7.05. The summed E-state index contributed by atoms with van der Waals surface area (Å²) in [5.41, 5.74) is 5.66. The second kappa shape index (κ2) is 9.26. The molecule has 0 fully saturated rings. The first kappa shape index (κ1) is 20.6. The highest BCUT2D eigenvalue weighted by Gasteiger charge is 2.22. The van der Waals surface area contributed by atoms with Crippen LogP contribution in [0.3, 0.4) is 0 Å². The topological polar surface area (TPSA) is 107 Å². The van der Waals surface area contributed by atoms with Crippen molar-refractivity contribution in [1.29, 1.82) is 0 Å². The molecule has 1 heterocycles. The monoisotopic (exact) mass is 396 g/mol. The summed E-state index contributed by atoms with van der Waals surface area (Å²) in [6.07, 6.45) is 1.62. The van der Waals surface area contributed by atoms with Gasteiger partial charge >= 0.3 is 5.97 Å². The molecule has 0 aliphatic heterocycles. The molecule has 0 saturated carbocycles. The predicted molar refractivity (Wildman–Crippen MR) is 97.3 cm³/mol. The Labute approximate surface area is 158 Å². The third kappa shape index (κ3) is 5.36. The molecular formula is C17H18F2N4O3S. The largest absolute Gasteiger partial charge is 0.462 e. The highest BCUT2D eigenvalue weighted by atomic mass is 32.2. The standard InChI is InChI=1S/C17H18F2N4O3S/c1-3-13(15(24)22-12-6-5-9(18)7-11(12)19)27-17-21-8-10(14(20)23-17)16(25)26-4-2/h5-8,13H,3-4H2,1-2H3,(H,22,24)(H2,20,21,23)/t13-/m0/s1. The zero-order chi connectivity index (χ0) is 20.0. The van der Waals surface area contributed by atoms with E-state index in [0.717, 1.165) is 23.9 Å². The summed E-state index contributed by atoms with van der Waals surface area (Å²) in [6, 6.07) is 2.87. The molecule has 0 bridgehead atoms. The number of anilines is 2. The second-order valence-electron chi connectivity index (χ2n) is 5.30. The normalized spacial score (nSPS) is 11.7. The average molecular weight is 396 g/mol. The molecule has 7 nitrogen and oxygen atoms in total. The minimum atomic E-state index is -0.873. The molecule has 1 aromatic carbocycles. The van der Waals surface area contributed by atoms with Crippen molar-refractivity contribution in [3.63, 3.8) is 0 Å². The number of aromatic nitrogens is 2. The Hall–Kier alpha value is -2.75. The van der Waals surface area contributed by atoms with E-state index in [1.807, 2.05) is 0 Å². The van der Waals surface area contributed by atoms with Gasteiger partial charge in [-0.25, -0.2) is 23.5 Å². The van der Waals surface area contributed by atoms with Crippen LogP contribution >= 0.6 is 11.8 Å². The Morgan fingerprint density at radius 1 is 1.33 bits per heavy atom. The van der Waals surface area contributed by atoms with Crippen LogP contribution in [0.15, 0.2) is 29.6 Å². The number of benzene rings is 1. The second-order valence-corrected chi connectivity index (χ2v) is 6.47. The molecule has 1 aromatic heterocycles. The van der Waals surface area contributed by atoms with Gasteiger partial charge in [-0.15, -0.1) is 0 Å². The molecule has 2 aromatic rings. The predicted octanol–water partition coefficient (Wildman–Crippen LogP) is 3.02. The van der Waals surface area contributed by atoms with Crippen LogP contribution in [0.2, 0.25) is 0 Å². The van der Waals surface area contributed by atoms with Crippen LogP contribution in [-0.2, 0) is 9.53 Å². The van der Waals surface area contributed by atoms with Crippen LogP contribution in [0, 0.1) is 11.6 Å². The lowest BCUT2D eigenvalue weighted by atomic mass is 10.2. The number of halogens is 2. The minimum Gasteiger partial charge on any atom is -0.462 e. The van der Waals surface area contributed by atoms with Gasteiger partial charge in [0, 0.05) is 12.3 Å². The number of rotatable bonds is 7. The van der Waals surface area contributed by atoms with Crippen molar-refractivity contribution in [3.05, 3.63) is 41.6 Å². The first-order valence-corrected chi connectivity index (χ1v) is 8.95. The number of nitrogen functional groups attached to an aromatic ring is 1. The molecule has 3 N–H and O–H groups in total. The highest BCUT2D eigenvalue weighted by Crippen LogP contribution is 2.25. The zero-order valence-electron chi connectivity index (χ0n) is 14.7. The Balaban J connectivity index is 2.10. The first-order valence-electron chi connectivity index (χ1n) is 8.07. The van der Waals surface area contributed by atoms with Crippen molar-refractivity contribution < 1.29 is 23.1 Å². The number of thioether (sulfide) groups is 1. The molecule has 0 aliphatic carbocycles. The minimum absolute atomic E-state index is 0.0343. The Bertz CT molecular complexity index is 851. The Morgan fingerprint density at radius 3 is 2.67 bits per heavy atom. The molecule has 2 rings (SSSR count). The van der Waals surface area contributed by atoms with Gasteiger partial charge in [-0.1, -0.05) is 18.7 Å². The van der Waals surface area contributed by atoms with Gasteiger partial charge in [0.2, 0.25) is 5.91 Å². The van der Waals surface area contributed by atoms with Gasteiger partial charge in [-0.05, 0) is 25.5 Å². The molecule has 1 atom stereocenters. The van der Waals surface area contributed by atoms with Crippen molar-refractivity contribution in [2.75, 3.05) is 17.7 Å². The van der Waals surface area contributed by atoms with E-state index in [1.165, 1.54) is 6.20 Å². The van der Waals surface area contributed by atoms with E-state index in [1.54, 1.807) is 13.8 Å². The highest BCUT2D eigenvalue weighted by molar-refractivity contribution is 8.00. The maximum Gasteiger partial charge on any atom is 0.343 e. The van der Waals surface area contributed by atoms with E-state index in [9.17, 15) is 18.4 Å². The number of ether oxygens (including phenoxy) is 1. The van der Waals surface area contributed by atoms with Crippen molar-refractivity contribution >= 4 is 35.1 Å². The summed E-state index contributed by atoms with van der Waals surface area (Å²) in [5, 5.41) is 1.94. The van der Waals surface area contributed by atoms with Gasteiger partial charge in [-0.2, -0.15) is 0 Å². The summed E-state index contributed by atoms with van der Waals surface area (Å²) in [5.74, 6) is -2.81. The van der Waals surface area contributed by atoms with E-state index in [0.29, 0.717) is 12.5 Å². The van der Waals surface area contributed by atoms with Gasteiger partial charge in [0.1, 0.15) is 23.0 Å². The fourth-order valence-electron chi connectivity index (χ4n) is 2.05. The molecule has 27 heavy (non-hydrogen) atoms. The van der Waals surface area contributed by atoms with Crippen LogP contribution in [0.1, 0.15) is 30.6 Å². The summed E-state index contributed by atoms with van der Waals surface area (Å²) >= 11 is 1.01. The summed E-state index contributed by atoms with van der Waals surface area (Å²) in [6.45, 7) is 3.61. The molecule has 144 valence electrons. The number of carbonyl (C=O) groups is 2. The van der Waals surface area contributed by atoms with Gasteiger partial charge < -0.3 is 15.8 Å². The van der Waals surface area contributed by atoms with E-state index in [2.05, 4.69) is 15.3 Å². The lowest BCUT2D eigenvalue weighted by molar-refractivity contribution is -0.115. The van der Waals surface area contributed by atoms with Crippen LogP contribution in [-0.4, -0.2) is 33.7 Å². The fourth-order valence-corrected chi connectivity index (χ4v) is 2.91. The fraction of sp³-hybridized carbons (Fsp3) is 0.294. The maximum atomic E-state index is 13.7. The van der Waals surface area contributed by atoms with Gasteiger partial charge in [-0.3, -0.25) is 4.79 Å². The van der Waals surface area contributed by atoms with Crippen molar-refractivity contribution in [2.45, 2.75) is 30.7 Å². The van der Waals surface area contributed by atoms with Crippen LogP contribution in [0.5, 0.6) is 0 Å². The number of hydrogen-bond donors (Lipinski definition) is 2. The smallest absolute Gasteiger partial charge is 0.343 e. The lowest BCUT2D eigenvalue weighted by Gasteiger charge is -2.14. The SMILES string of the molecule is CCOC(=O)c1cnc(S[C@@H](CC)C(=O)Nc2ccc(F)cc2F)nc1N. The van der Waals surface area contributed by atoms with Crippen molar-refractivity contribution in [2.24, 2.45) is 0 Å². The summed E-state index contributed by atoms with van der Waals surface area (Å²) in [7, 11) is 0. The third-order valence-electron chi connectivity index (χ3n) is 3.39. The third-order valence-corrected chi connectivity index (χ3v) is 4.63. The van der Waals surface area contributed by atoms with Crippen molar-refractivity contribution in [3.8, 4) is 0 Å². The number of nitrogens with two attached hydrogens (primary N) is 1. The summed E-state index contributed by atoms with van der Waals surface area (Å²) < 4.78 is 31.5. The van der Waals surface area contributed by atoms with E-state index >= 15 is 0 Å². The van der Waals surface area contributed by atoms with Crippen LogP contribution < -0.4 is 11.1 Å². The van der Waals surface area contributed by atoms with E-state index in [-0.39, 0.29) is 28.8 Å². The summed E-state index contributed by atoms with van der Waals surface area (Å²) in [4.78, 5) is 32.1. The molecule has 0 aliphatic rings. The Morgan fingerprint density at radius 2 is 2.07 bits per heavy atom. The quantitative estimate of drug-likeness (QED) is 0.421. The number of nitrogens with one attached hydrogen (secondary N) is 1. The maximum absolute atomic E-state index is 13.7. The van der Waals surface area contributed by atoms with Gasteiger partial charge in [0.05, 0.1) is 17.5 Å². The molecule has 0 spiro atoms. The first-order chi connectivity index (χ1) is 12.8. The molecule has 10 heteroatoms. The molecule has 0 radical (unpaired) electrons. The van der Waals surface area contributed by atoms with E-state index < -0.39 is 28.8 Å². The number of hydrogen-bond acceptors (Lipinski definition) is 7. The number of amides is 1. The number of nitrogens with zero attached hydrogens (tertiary/aromatic N) is 2. The van der Waals surface area contributed by atoms with Crippen LogP contribution in [0.25, 0.3) is 0 Å². The van der Waals surface area contributed by atoms with Crippen LogP contribution in [0.4, 0.5) is 20.3 Å². The number of carbonyl (C=O) groups excluding carboxylic acids is 2. The average Bonchev–Trinajstić information content (AvgIpc) is 2.62. The zero-order valence-corrected chi connectivity index (χ0v) is 15.5. The lowest BCUT2D eigenvalue weighted by Crippen LogP contribution is -2.25. The number of esters is 1. The molecular weight excluding hydrogens is 378 g/mol. The molecule has 1 amide bonds. The van der Waals surface area contributed by atoms with Gasteiger partial charge in [0.15, 0.2) is 5.16 Å². The molecule has 0 unspecified atom stereocenters. The van der Waals surface area contributed by atoms with E-state index in [4.69, 9.17) is 10.5 Å². The van der Waals surface area contributed by atoms with Gasteiger partial charge in [0.25, 0.3) is 0 Å². The van der Waals surface area contributed by atoms with Crippen molar-refractivity contribution in [1.82, 2.24) is 9.97 Å². The molecule has 0 saturated heterocycles.